The molecule has 0 aliphatic carbocycles. The van der Waals surface area contributed by atoms with Gasteiger partial charge in [0.25, 0.3) is 0 Å². The fourth-order valence-corrected chi connectivity index (χ4v) is 2.10. The molecule has 4 nitrogen and oxygen atoms in total. The van der Waals surface area contributed by atoms with Crippen molar-refractivity contribution in [1.82, 2.24) is 9.97 Å². The van der Waals surface area contributed by atoms with E-state index in [0.29, 0.717) is 6.04 Å². The molecule has 1 heterocycles. The van der Waals surface area contributed by atoms with Crippen molar-refractivity contribution in [2.24, 2.45) is 0 Å². The lowest BCUT2D eigenvalue weighted by atomic mass is 10.2. The van der Waals surface area contributed by atoms with E-state index in [1.54, 1.807) is 12.4 Å². The van der Waals surface area contributed by atoms with Crippen LogP contribution in [0.5, 0.6) is 0 Å². The fraction of sp³-hybridized carbons (Fsp3) is 0.636. The van der Waals surface area contributed by atoms with Gasteiger partial charge >= 0.3 is 0 Å². The number of hydrogen-bond donors (Lipinski definition) is 2. The largest absolute Gasteiger partial charge is 0.369 e. The van der Waals surface area contributed by atoms with E-state index < -0.39 is 0 Å². The average Bonchev–Trinajstić information content (AvgIpc) is 2.29. The lowest BCUT2D eigenvalue weighted by Crippen LogP contribution is -2.22. The molecule has 0 aliphatic rings. The van der Waals surface area contributed by atoms with Crippen LogP contribution >= 0.6 is 11.8 Å². The highest BCUT2D eigenvalue weighted by Crippen LogP contribution is 2.11. The Morgan fingerprint density at radius 3 is 2.69 bits per heavy atom. The molecule has 1 rings (SSSR count). The number of rotatable bonds is 7. The highest BCUT2D eigenvalue weighted by Gasteiger charge is 2.06. The monoisotopic (exact) mass is 240 g/mol. The Labute approximate surface area is 102 Å². The zero-order valence-electron chi connectivity index (χ0n) is 10.2. The van der Waals surface area contributed by atoms with Crippen LogP contribution in [-0.2, 0) is 0 Å². The van der Waals surface area contributed by atoms with Crippen LogP contribution in [0.25, 0.3) is 0 Å². The second kappa shape index (κ2) is 7.33. The number of anilines is 2. The summed E-state index contributed by atoms with van der Waals surface area (Å²) in [5, 5.41) is 6.55. The molecule has 1 atom stereocenters. The number of hydrogen-bond acceptors (Lipinski definition) is 5. The Kier molecular flexibility index (Phi) is 6.00. The summed E-state index contributed by atoms with van der Waals surface area (Å²) in [5.74, 6) is 2.76. The third kappa shape index (κ3) is 4.26. The van der Waals surface area contributed by atoms with Crippen LogP contribution in [0.15, 0.2) is 12.4 Å². The van der Waals surface area contributed by atoms with Crippen molar-refractivity contribution >= 4 is 23.4 Å². The summed E-state index contributed by atoms with van der Waals surface area (Å²) in [6, 6.07) is 0.459. The average molecular weight is 240 g/mol. The van der Waals surface area contributed by atoms with Crippen LogP contribution in [0.3, 0.4) is 0 Å². The summed E-state index contributed by atoms with van der Waals surface area (Å²) in [7, 11) is 0. The fourth-order valence-electron chi connectivity index (χ4n) is 1.37. The van der Waals surface area contributed by atoms with Crippen LogP contribution in [0.1, 0.15) is 20.3 Å². The van der Waals surface area contributed by atoms with Gasteiger partial charge in [-0.1, -0.05) is 6.92 Å². The van der Waals surface area contributed by atoms with Gasteiger partial charge in [0, 0.05) is 18.3 Å². The van der Waals surface area contributed by atoms with E-state index in [2.05, 4.69) is 33.8 Å². The minimum absolute atomic E-state index is 0.459. The zero-order chi connectivity index (χ0) is 11.8. The van der Waals surface area contributed by atoms with Gasteiger partial charge in [-0.3, -0.25) is 4.98 Å². The predicted octanol–water partition coefficient (Wildman–Crippen LogP) is 2.46. The van der Waals surface area contributed by atoms with Crippen LogP contribution in [0.2, 0.25) is 0 Å². The number of aromatic nitrogens is 2. The van der Waals surface area contributed by atoms with Gasteiger partial charge in [-0.25, -0.2) is 4.98 Å². The minimum atomic E-state index is 0.459. The van der Waals surface area contributed by atoms with Gasteiger partial charge < -0.3 is 10.6 Å². The van der Waals surface area contributed by atoms with E-state index >= 15 is 0 Å². The quantitative estimate of drug-likeness (QED) is 0.766. The molecule has 0 saturated carbocycles. The van der Waals surface area contributed by atoms with Crippen LogP contribution in [0, 0.1) is 0 Å². The van der Waals surface area contributed by atoms with Gasteiger partial charge in [0.1, 0.15) is 11.6 Å². The number of thioether (sulfide) groups is 1. The molecule has 0 fully saturated rings. The Morgan fingerprint density at radius 2 is 2.06 bits per heavy atom. The van der Waals surface area contributed by atoms with E-state index in [1.165, 1.54) is 0 Å². The van der Waals surface area contributed by atoms with Gasteiger partial charge in [-0.15, -0.1) is 0 Å². The van der Waals surface area contributed by atoms with Crippen LogP contribution in [-0.4, -0.2) is 34.6 Å². The predicted molar refractivity (Wildman–Crippen MR) is 72.3 cm³/mol. The van der Waals surface area contributed by atoms with Crippen molar-refractivity contribution in [2.45, 2.75) is 26.3 Å². The maximum Gasteiger partial charge on any atom is 0.147 e. The van der Waals surface area contributed by atoms with Gasteiger partial charge in [0.2, 0.25) is 0 Å². The van der Waals surface area contributed by atoms with Crippen LogP contribution in [0.4, 0.5) is 11.6 Å². The smallest absolute Gasteiger partial charge is 0.147 e. The zero-order valence-corrected chi connectivity index (χ0v) is 11.0. The maximum atomic E-state index is 4.44. The molecule has 0 spiro atoms. The van der Waals surface area contributed by atoms with Crippen molar-refractivity contribution in [3.8, 4) is 0 Å². The molecular formula is C11H20N4S. The van der Waals surface area contributed by atoms with Crippen LogP contribution < -0.4 is 10.6 Å². The van der Waals surface area contributed by atoms with E-state index in [-0.39, 0.29) is 0 Å². The summed E-state index contributed by atoms with van der Waals surface area (Å²) >= 11 is 1.84. The van der Waals surface area contributed by atoms with Crippen molar-refractivity contribution in [2.75, 3.05) is 29.2 Å². The molecule has 0 radical (unpaired) electrons. The number of nitrogens with zero attached hydrogens (tertiary/aromatic N) is 2. The van der Waals surface area contributed by atoms with Gasteiger partial charge in [-0.05, 0) is 19.6 Å². The van der Waals surface area contributed by atoms with Crippen molar-refractivity contribution < 1.29 is 0 Å². The summed E-state index contributed by atoms with van der Waals surface area (Å²) < 4.78 is 0. The molecule has 5 heteroatoms. The molecule has 0 bridgehead atoms. The molecule has 0 aromatic carbocycles. The van der Waals surface area contributed by atoms with Gasteiger partial charge in [0.15, 0.2) is 0 Å². The molecule has 0 amide bonds. The highest BCUT2D eigenvalue weighted by molar-refractivity contribution is 7.98. The summed E-state index contributed by atoms with van der Waals surface area (Å²) in [6.07, 6.45) is 6.72. The van der Waals surface area contributed by atoms with Crippen molar-refractivity contribution in [1.29, 1.82) is 0 Å². The topological polar surface area (TPSA) is 49.8 Å². The Morgan fingerprint density at radius 1 is 1.31 bits per heavy atom. The normalized spacial score (nSPS) is 12.2. The lowest BCUT2D eigenvalue weighted by Gasteiger charge is -2.16. The Bertz CT molecular complexity index is 306. The van der Waals surface area contributed by atoms with Crippen molar-refractivity contribution in [3.63, 3.8) is 0 Å². The SMILES string of the molecule is CCNc1cncc(NC(CC)CSC)n1. The second-order valence-corrected chi connectivity index (χ2v) is 4.44. The maximum absolute atomic E-state index is 4.44. The van der Waals surface area contributed by atoms with E-state index in [1.807, 2.05) is 18.7 Å². The number of nitrogens with one attached hydrogen (secondary N) is 2. The van der Waals surface area contributed by atoms with Gasteiger partial charge in [0.05, 0.1) is 12.4 Å². The minimum Gasteiger partial charge on any atom is -0.369 e. The van der Waals surface area contributed by atoms with E-state index in [0.717, 1.165) is 30.4 Å². The standard InChI is InChI=1S/C11H20N4S/c1-4-9(8-16-3)14-11-7-12-6-10(15-11)13-5-2/h6-7,9H,4-5,8H2,1-3H3,(H2,13,14,15). The summed E-state index contributed by atoms with van der Waals surface area (Å²) in [5.41, 5.74) is 0. The first-order chi connectivity index (χ1) is 7.80. The molecule has 16 heavy (non-hydrogen) atoms. The third-order valence-corrected chi connectivity index (χ3v) is 2.94. The molecule has 90 valence electrons. The third-order valence-electron chi connectivity index (χ3n) is 2.21. The molecule has 1 unspecified atom stereocenters. The Hall–Kier alpha value is -0.970. The highest BCUT2D eigenvalue weighted by atomic mass is 32.2. The molecule has 1 aromatic rings. The molecule has 1 aromatic heterocycles. The molecule has 0 saturated heterocycles. The first-order valence-electron chi connectivity index (χ1n) is 5.61. The summed E-state index contributed by atoms with van der Waals surface area (Å²) in [4.78, 5) is 8.59. The first-order valence-corrected chi connectivity index (χ1v) is 7.00. The molecule has 2 N–H and O–H groups in total. The first kappa shape index (κ1) is 13.1. The van der Waals surface area contributed by atoms with E-state index in [4.69, 9.17) is 0 Å². The Balaban J connectivity index is 2.60. The van der Waals surface area contributed by atoms with E-state index in [9.17, 15) is 0 Å². The second-order valence-electron chi connectivity index (χ2n) is 3.52. The molecule has 0 aliphatic heterocycles. The van der Waals surface area contributed by atoms with Crippen molar-refractivity contribution in [3.05, 3.63) is 12.4 Å². The summed E-state index contributed by atoms with van der Waals surface area (Å²) in [6.45, 7) is 5.08. The lowest BCUT2D eigenvalue weighted by molar-refractivity contribution is 0.769. The van der Waals surface area contributed by atoms with Gasteiger partial charge in [-0.2, -0.15) is 11.8 Å². The molecular weight excluding hydrogens is 220 g/mol.